The molecule has 0 radical (unpaired) electrons. The summed E-state index contributed by atoms with van der Waals surface area (Å²) in [5, 5.41) is 6.95. The van der Waals surface area contributed by atoms with Gasteiger partial charge in [0, 0.05) is 43.9 Å². The van der Waals surface area contributed by atoms with Crippen LogP contribution in [-0.4, -0.2) is 50.2 Å². The van der Waals surface area contributed by atoms with Crippen molar-refractivity contribution in [2.24, 2.45) is 0 Å². The SMILES string of the molecule is Cc1n[nH]c(C)c1C(=O)N1CCC(Oc2ccncn2)CC1. The molecule has 0 atom stereocenters. The number of nitrogens with one attached hydrogen (secondary N) is 1. The van der Waals surface area contributed by atoms with Gasteiger partial charge in [0.05, 0.1) is 11.3 Å². The second kappa shape index (κ2) is 6.13. The minimum atomic E-state index is 0.0456. The first-order valence-corrected chi connectivity index (χ1v) is 7.38. The van der Waals surface area contributed by atoms with Crippen LogP contribution in [0.2, 0.25) is 0 Å². The molecule has 0 bridgehead atoms. The Hall–Kier alpha value is -2.44. The molecular formula is C15H19N5O2. The first kappa shape index (κ1) is 14.5. The van der Waals surface area contributed by atoms with E-state index in [1.807, 2.05) is 18.7 Å². The zero-order chi connectivity index (χ0) is 15.5. The number of piperidine rings is 1. The van der Waals surface area contributed by atoms with Gasteiger partial charge in [-0.05, 0) is 13.8 Å². The molecule has 2 aromatic rings. The van der Waals surface area contributed by atoms with Crippen LogP contribution in [0.15, 0.2) is 18.6 Å². The first-order valence-electron chi connectivity index (χ1n) is 7.38. The third-order valence-electron chi connectivity index (χ3n) is 3.91. The van der Waals surface area contributed by atoms with Gasteiger partial charge in [-0.2, -0.15) is 5.10 Å². The number of aryl methyl sites for hydroxylation is 2. The molecule has 0 unspecified atom stereocenters. The number of hydrogen-bond donors (Lipinski definition) is 1. The molecule has 1 aliphatic rings. The Morgan fingerprint density at radius 3 is 2.73 bits per heavy atom. The van der Waals surface area contributed by atoms with E-state index in [0.29, 0.717) is 24.5 Å². The van der Waals surface area contributed by atoms with Crippen LogP contribution in [0.4, 0.5) is 0 Å². The summed E-state index contributed by atoms with van der Waals surface area (Å²) in [5.74, 6) is 0.630. The van der Waals surface area contributed by atoms with Crippen molar-refractivity contribution in [1.82, 2.24) is 25.1 Å². The van der Waals surface area contributed by atoms with E-state index in [1.54, 1.807) is 12.3 Å². The number of amides is 1. The van der Waals surface area contributed by atoms with Gasteiger partial charge in [0.2, 0.25) is 5.88 Å². The third-order valence-corrected chi connectivity index (χ3v) is 3.91. The third kappa shape index (κ3) is 2.93. The molecule has 116 valence electrons. The van der Waals surface area contributed by atoms with Crippen LogP contribution in [-0.2, 0) is 0 Å². The molecule has 0 aromatic carbocycles. The lowest BCUT2D eigenvalue weighted by atomic mass is 10.1. The van der Waals surface area contributed by atoms with Crippen LogP contribution >= 0.6 is 0 Å². The summed E-state index contributed by atoms with van der Waals surface area (Å²) in [6.07, 6.45) is 4.81. The van der Waals surface area contributed by atoms with Crippen molar-refractivity contribution < 1.29 is 9.53 Å². The summed E-state index contributed by atoms with van der Waals surface area (Å²) in [5.41, 5.74) is 2.26. The largest absolute Gasteiger partial charge is 0.474 e. The fraction of sp³-hybridized carbons (Fsp3) is 0.467. The minimum Gasteiger partial charge on any atom is -0.474 e. The van der Waals surface area contributed by atoms with Gasteiger partial charge in [-0.15, -0.1) is 0 Å². The van der Waals surface area contributed by atoms with Crippen molar-refractivity contribution >= 4 is 5.91 Å². The Labute approximate surface area is 128 Å². The number of carbonyl (C=O) groups is 1. The lowest BCUT2D eigenvalue weighted by molar-refractivity contribution is 0.0586. The molecule has 0 saturated carbocycles. The van der Waals surface area contributed by atoms with Gasteiger partial charge in [0.1, 0.15) is 12.4 Å². The highest BCUT2D eigenvalue weighted by Gasteiger charge is 2.27. The molecule has 0 spiro atoms. The lowest BCUT2D eigenvalue weighted by Crippen LogP contribution is -2.42. The zero-order valence-corrected chi connectivity index (χ0v) is 12.7. The van der Waals surface area contributed by atoms with Crippen molar-refractivity contribution in [3.63, 3.8) is 0 Å². The molecule has 2 aromatic heterocycles. The molecule has 3 heterocycles. The van der Waals surface area contributed by atoms with Gasteiger partial charge in [0.25, 0.3) is 5.91 Å². The fourth-order valence-corrected chi connectivity index (χ4v) is 2.72. The van der Waals surface area contributed by atoms with Crippen LogP contribution < -0.4 is 4.74 Å². The number of hydrogen-bond acceptors (Lipinski definition) is 5. The topological polar surface area (TPSA) is 84.0 Å². The van der Waals surface area contributed by atoms with Crippen molar-refractivity contribution in [2.45, 2.75) is 32.8 Å². The minimum absolute atomic E-state index is 0.0456. The van der Waals surface area contributed by atoms with E-state index in [-0.39, 0.29) is 12.0 Å². The second-order valence-corrected chi connectivity index (χ2v) is 5.47. The van der Waals surface area contributed by atoms with Crippen molar-refractivity contribution in [2.75, 3.05) is 13.1 Å². The monoisotopic (exact) mass is 301 g/mol. The van der Waals surface area contributed by atoms with Crippen molar-refractivity contribution in [1.29, 1.82) is 0 Å². The predicted molar refractivity (Wildman–Crippen MR) is 79.6 cm³/mol. The Kier molecular flexibility index (Phi) is 4.04. The summed E-state index contributed by atoms with van der Waals surface area (Å²) in [7, 11) is 0. The maximum Gasteiger partial charge on any atom is 0.257 e. The number of rotatable bonds is 3. The molecule has 1 fully saturated rings. The summed E-state index contributed by atoms with van der Waals surface area (Å²) in [4.78, 5) is 22.4. The summed E-state index contributed by atoms with van der Waals surface area (Å²) in [6, 6.07) is 1.75. The highest BCUT2D eigenvalue weighted by molar-refractivity contribution is 5.96. The molecule has 22 heavy (non-hydrogen) atoms. The van der Waals surface area contributed by atoms with E-state index in [4.69, 9.17) is 4.74 Å². The van der Waals surface area contributed by atoms with Crippen molar-refractivity contribution in [3.05, 3.63) is 35.5 Å². The van der Waals surface area contributed by atoms with Crippen LogP contribution in [0.25, 0.3) is 0 Å². The fourth-order valence-electron chi connectivity index (χ4n) is 2.72. The molecular weight excluding hydrogens is 282 g/mol. The van der Waals surface area contributed by atoms with Gasteiger partial charge in [-0.3, -0.25) is 9.89 Å². The molecule has 7 heteroatoms. The number of likely N-dealkylation sites (tertiary alicyclic amines) is 1. The van der Waals surface area contributed by atoms with Gasteiger partial charge < -0.3 is 9.64 Å². The van der Waals surface area contributed by atoms with Crippen LogP contribution in [0.3, 0.4) is 0 Å². The van der Waals surface area contributed by atoms with Gasteiger partial charge >= 0.3 is 0 Å². The Morgan fingerprint density at radius 2 is 2.14 bits per heavy atom. The summed E-state index contributed by atoms with van der Waals surface area (Å²) >= 11 is 0. The van der Waals surface area contributed by atoms with E-state index in [1.165, 1.54) is 6.33 Å². The second-order valence-electron chi connectivity index (χ2n) is 5.47. The quantitative estimate of drug-likeness (QED) is 0.928. The van der Waals surface area contributed by atoms with E-state index < -0.39 is 0 Å². The number of carbonyl (C=O) groups excluding carboxylic acids is 1. The molecule has 3 rings (SSSR count). The number of nitrogens with zero attached hydrogens (tertiary/aromatic N) is 4. The normalized spacial score (nSPS) is 15.8. The average Bonchev–Trinajstić information content (AvgIpc) is 2.87. The maximum absolute atomic E-state index is 12.6. The Balaban J connectivity index is 1.59. The number of H-pyrrole nitrogens is 1. The maximum atomic E-state index is 12.6. The first-order chi connectivity index (χ1) is 10.6. The summed E-state index contributed by atoms with van der Waals surface area (Å²) < 4.78 is 5.81. The van der Waals surface area contributed by atoms with E-state index in [2.05, 4.69) is 20.2 Å². The number of ether oxygens (including phenoxy) is 1. The number of aromatic nitrogens is 4. The zero-order valence-electron chi connectivity index (χ0n) is 12.7. The van der Waals surface area contributed by atoms with Crippen molar-refractivity contribution in [3.8, 4) is 5.88 Å². The van der Waals surface area contributed by atoms with Crippen LogP contribution in [0.5, 0.6) is 5.88 Å². The Morgan fingerprint density at radius 1 is 1.36 bits per heavy atom. The predicted octanol–water partition coefficient (Wildman–Crippen LogP) is 1.50. The average molecular weight is 301 g/mol. The summed E-state index contributed by atoms with van der Waals surface area (Å²) in [6.45, 7) is 5.08. The van der Waals surface area contributed by atoms with Gasteiger partial charge in [-0.25, -0.2) is 9.97 Å². The van der Waals surface area contributed by atoms with E-state index in [0.717, 1.165) is 24.2 Å². The van der Waals surface area contributed by atoms with E-state index in [9.17, 15) is 4.79 Å². The lowest BCUT2D eigenvalue weighted by Gasteiger charge is -2.32. The molecule has 1 N–H and O–H groups in total. The Bertz CT molecular complexity index is 628. The van der Waals surface area contributed by atoms with Gasteiger partial charge in [0.15, 0.2) is 0 Å². The van der Waals surface area contributed by atoms with Crippen LogP contribution in [0, 0.1) is 13.8 Å². The highest BCUT2D eigenvalue weighted by Crippen LogP contribution is 2.20. The number of aromatic amines is 1. The van der Waals surface area contributed by atoms with Gasteiger partial charge in [-0.1, -0.05) is 0 Å². The molecule has 0 aliphatic carbocycles. The molecule has 1 saturated heterocycles. The van der Waals surface area contributed by atoms with E-state index >= 15 is 0 Å². The standard InChI is InChI=1S/C15H19N5O2/c1-10-14(11(2)19-18-10)15(21)20-7-4-12(5-8-20)22-13-3-6-16-9-17-13/h3,6,9,12H,4-5,7-8H2,1-2H3,(H,18,19). The highest BCUT2D eigenvalue weighted by atomic mass is 16.5. The smallest absolute Gasteiger partial charge is 0.257 e. The molecule has 7 nitrogen and oxygen atoms in total. The molecule has 1 aliphatic heterocycles. The van der Waals surface area contributed by atoms with Crippen LogP contribution in [0.1, 0.15) is 34.6 Å². The molecule has 1 amide bonds.